The fourth-order valence-electron chi connectivity index (χ4n) is 3.17. The first-order valence-electron chi connectivity index (χ1n) is 10.1. The van der Waals surface area contributed by atoms with Crippen LogP contribution in [0.3, 0.4) is 0 Å². The minimum atomic E-state index is 0.240. The molecule has 0 spiro atoms. The Kier molecular flexibility index (Phi) is 17.3. The van der Waals surface area contributed by atoms with E-state index in [1.54, 1.807) is 0 Å². The van der Waals surface area contributed by atoms with E-state index in [9.17, 15) is 0 Å². The highest BCUT2D eigenvalue weighted by atomic mass is 16.3. The largest absolute Gasteiger partial charge is 0.400 e. The van der Waals surface area contributed by atoms with Crippen molar-refractivity contribution in [3.8, 4) is 0 Å². The third-order valence-corrected chi connectivity index (χ3v) is 4.85. The van der Waals surface area contributed by atoms with Gasteiger partial charge in [-0.05, 0) is 43.3 Å². The summed E-state index contributed by atoms with van der Waals surface area (Å²) in [6.07, 6.45) is 11.1. The molecule has 3 heteroatoms. The molecule has 0 aromatic heterocycles. The van der Waals surface area contributed by atoms with Gasteiger partial charge >= 0.3 is 0 Å². The predicted molar refractivity (Wildman–Crippen MR) is 109 cm³/mol. The minimum absolute atomic E-state index is 0.240. The summed E-state index contributed by atoms with van der Waals surface area (Å²) in [5.41, 5.74) is 1.19. The zero-order valence-electron chi connectivity index (χ0n) is 16.7. The van der Waals surface area contributed by atoms with Gasteiger partial charge in [0.1, 0.15) is 0 Å². The third-order valence-electron chi connectivity index (χ3n) is 4.85. The van der Waals surface area contributed by atoms with Gasteiger partial charge in [-0.15, -0.1) is 0 Å². The van der Waals surface area contributed by atoms with Gasteiger partial charge in [-0.25, -0.2) is 0 Å². The number of aliphatic hydroxyl groups excluding tert-OH is 2. The lowest BCUT2D eigenvalue weighted by Crippen LogP contribution is -2.06. The van der Waals surface area contributed by atoms with Gasteiger partial charge < -0.3 is 15.5 Å². The standard InChI is InChI=1S/C8H10O.C8H16.C5H11N.CH4O/c9-7-6-8-4-2-1-3-5-8;1-2-8-6-4-3-5-7-8;1-5-2-3-6-4-5;1-2/h1-5,9H,6-7H2;8H,2-7H2,1H3;5-6H,2-4H2,1H3;2H,1H3. The molecule has 1 atom stereocenters. The van der Waals surface area contributed by atoms with Crippen molar-refractivity contribution in [2.75, 3.05) is 26.8 Å². The zero-order valence-corrected chi connectivity index (χ0v) is 16.7. The topological polar surface area (TPSA) is 52.5 Å². The van der Waals surface area contributed by atoms with E-state index >= 15 is 0 Å². The lowest BCUT2D eigenvalue weighted by Gasteiger charge is -2.18. The summed E-state index contributed by atoms with van der Waals surface area (Å²) in [6.45, 7) is 7.31. The molecular weight excluding hydrogens is 310 g/mol. The van der Waals surface area contributed by atoms with Crippen molar-refractivity contribution in [1.29, 1.82) is 0 Å². The lowest BCUT2D eigenvalue weighted by molar-refractivity contribution is 0.299. The highest BCUT2D eigenvalue weighted by Gasteiger charge is 2.09. The average Bonchev–Trinajstić information content (AvgIpc) is 3.17. The highest BCUT2D eigenvalue weighted by molar-refractivity contribution is 5.14. The van der Waals surface area contributed by atoms with E-state index in [0.29, 0.717) is 0 Å². The van der Waals surface area contributed by atoms with E-state index in [2.05, 4.69) is 19.2 Å². The molecule has 2 aliphatic rings. The molecule has 3 N–H and O–H groups in total. The number of nitrogens with one attached hydrogen (secondary N) is 1. The Labute approximate surface area is 155 Å². The Morgan fingerprint density at radius 2 is 1.64 bits per heavy atom. The van der Waals surface area contributed by atoms with Gasteiger partial charge in [-0.3, -0.25) is 0 Å². The van der Waals surface area contributed by atoms with Gasteiger partial charge in [0.15, 0.2) is 0 Å². The first-order chi connectivity index (χ1) is 12.3. The maximum atomic E-state index is 8.52. The number of rotatable bonds is 3. The molecule has 146 valence electrons. The van der Waals surface area contributed by atoms with E-state index in [0.717, 1.165) is 25.4 Å². The molecule has 1 saturated heterocycles. The molecule has 3 nitrogen and oxygen atoms in total. The van der Waals surface area contributed by atoms with Crippen LogP contribution in [0.5, 0.6) is 0 Å². The molecule has 1 aliphatic carbocycles. The lowest BCUT2D eigenvalue weighted by atomic mass is 9.88. The fraction of sp³-hybridized carbons (Fsp3) is 0.727. The molecule has 1 aliphatic heterocycles. The maximum Gasteiger partial charge on any atom is 0.0471 e. The van der Waals surface area contributed by atoms with Crippen LogP contribution in [0.15, 0.2) is 30.3 Å². The van der Waals surface area contributed by atoms with E-state index in [1.165, 1.54) is 63.6 Å². The molecule has 1 aromatic rings. The van der Waals surface area contributed by atoms with Gasteiger partial charge in [0, 0.05) is 13.7 Å². The molecular formula is C22H41NO2. The molecule has 1 unspecified atom stereocenters. The van der Waals surface area contributed by atoms with Crippen LogP contribution in [0.25, 0.3) is 0 Å². The minimum Gasteiger partial charge on any atom is -0.400 e. The molecule has 0 radical (unpaired) electrons. The van der Waals surface area contributed by atoms with Crippen LogP contribution < -0.4 is 5.32 Å². The van der Waals surface area contributed by atoms with Crippen LogP contribution in [0.1, 0.15) is 64.4 Å². The molecule has 0 amide bonds. The number of benzene rings is 1. The van der Waals surface area contributed by atoms with E-state index in [4.69, 9.17) is 10.2 Å². The quantitative estimate of drug-likeness (QED) is 0.755. The fourth-order valence-corrected chi connectivity index (χ4v) is 3.17. The normalized spacial score (nSPS) is 19.5. The van der Waals surface area contributed by atoms with Crippen LogP contribution in [-0.2, 0) is 6.42 Å². The van der Waals surface area contributed by atoms with E-state index < -0.39 is 0 Å². The van der Waals surface area contributed by atoms with Crippen molar-refractivity contribution in [3.63, 3.8) is 0 Å². The van der Waals surface area contributed by atoms with Crippen LogP contribution in [0, 0.1) is 11.8 Å². The molecule has 2 fully saturated rings. The second kappa shape index (κ2) is 17.9. The second-order valence-electron chi connectivity index (χ2n) is 6.97. The molecule has 1 saturated carbocycles. The summed E-state index contributed by atoms with van der Waals surface area (Å²) >= 11 is 0. The molecule has 0 bridgehead atoms. The Bertz CT molecular complexity index is 358. The van der Waals surface area contributed by atoms with Crippen molar-refractivity contribution in [1.82, 2.24) is 5.32 Å². The molecule has 1 aromatic carbocycles. The summed E-state index contributed by atoms with van der Waals surface area (Å²) in [7, 11) is 1.00. The molecule has 3 rings (SSSR count). The van der Waals surface area contributed by atoms with Gasteiger partial charge in [-0.2, -0.15) is 0 Å². The van der Waals surface area contributed by atoms with E-state index in [1.807, 2.05) is 30.3 Å². The summed E-state index contributed by atoms with van der Waals surface area (Å²) in [4.78, 5) is 0. The number of aliphatic hydroxyl groups is 2. The predicted octanol–water partition coefficient (Wildman–Crippen LogP) is 4.42. The Morgan fingerprint density at radius 3 is 2.00 bits per heavy atom. The first-order valence-corrected chi connectivity index (χ1v) is 10.1. The number of hydrogen-bond donors (Lipinski definition) is 3. The third kappa shape index (κ3) is 14.0. The van der Waals surface area contributed by atoms with Crippen molar-refractivity contribution >= 4 is 0 Å². The molecule has 1 heterocycles. The first kappa shape index (κ1) is 24.1. The van der Waals surface area contributed by atoms with Crippen molar-refractivity contribution < 1.29 is 10.2 Å². The molecule has 25 heavy (non-hydrogen) atoms. The average molecular weight is 352 g/mol. The van der Waals surface area contributed by atoms with Crippen molar-refractivity contribution in [2.24, 2.45) is 11.8 Å². The van der Waals surface area contributed by atoms with Crippen LogP contribution in [-0.4, -0.2) is 37.0 Å². The van der Waals surface area contributed by atoms with Gasteiger partial charge in [0.2, 0.25) is 0 Å². The van der Waals surface area contributed by atoms with Gasteiger partial charge in [-0.1, -0.05) is 82.7 Å². The Balaban J connectivity index is 0.000000334. The Morgan fingerprint density at radius 1 is 1.00 bits per heavy atom. The van der Waals surface area contributed by atoms with Crippen LogP contribution in [0.2, 0.25) is 0 Å². The monoisotopic (exact) mass is 351 g/mol. The summed E-state index contributed by atoms with van der Waals surface area (Å²) < 4.78 is 0. The highest BCUT2D eigenvalue weighted by Crippen LogP contribution is 2.25. The summed E-state index contributed by atoms with van der Waals surface area (Å²) in [5.74, 6) is 2.02. The smallest absolute Gasteiger partial charge is 0.0471 e. The second-order valence-corrected chi connectivity index (χ2v) is 6.97. The van der Waals surface area contributed by atoms with Crippen molar-refractivity contribution in [3.05, 3.63) is 35.9 Å². The van der Waals surface area contributed by atoms with Gasteiger partial charge in [0.25, 0.3) is 0 Å². The Hall–Kier alpha value is -0.900. The maximum absolute atomic E-state index is 8.52. The van der Waals surface area contributed by atoms with E-state index in [-0.39, 0.29) is 6.61 Å². The zero-order chi connectivity index (χ0) is 18.8. The van der Waals surface area contributed by atoms with Crippen LogP contribution in [0.4, 0.5) is 0 Å². The van der Waals surface area contributed by atoms with Gasteiger partial charge in [0.05, 0.1) is 0 Å². The summed E-state index contributed by atoms with van der Waals surface area (Å²) in [5, 5.41) is 18.8. The number of hydrogen-bond acceptors (Lipinski definition) is 3. The van der Waals surface area contributed by atoms with Crippen LogP contribution >= 0.6 is 0 Å². The van der Waals surface area contributed by atoms with Crippen molar-refractivity contribution in [2.45, 2.75) is 65.2 Å². The summed E-state index contributed by atoms with van der Waals surface area (Å²) in [6, 6.07) is 9.95. The SMILES string of the molecule is CC1CCNC1.CCC1CCCCC1.CO.OCCc1ccccc1.